The molecule has 0 aliphatic carbocycles. The Bertz CT molecular complexity index is 1210. The summed E-state index contributed by atoms with van der Waals surface area (Å²) >= 11 is 12.6. The van der Waals surface area contributed by atoms with Gasteiger partial charge in [0.25, 0.3) is 0 Å². The van der Waals surface area contributed by atoms with Gasteiger partial charge < -0.3 is 9.55 Å². The molecule has 0 fully saturated rings. The number of aromatic nitrogens is 4. The van der Waals surface area contributed by atoms with Crippen LogP contribution in [0.3, 0.4) is 0 Å². The van der Waals surface area contributed by atoms with Crippen molar-refractivity contribution in [3.63, 3.8) is 0 Å². The highest BCUT2D eigenvalue weighted by atomic mass is 35.5. The highest BCUT2D eigenvalue weighted by molar-refractivity contribution is 6.36. The average molecular weight is 402 g/mol. The standard InChI is InChI=1S/C19H14Cl2FN5/c1-10-5-6-11(22)7-12(10)18-25-16-17(23)24-9-27(19(16)26-18)8-13-14(20)3-2-4-15(13)21/h2-7,9,23H,8H2,1H3,(H,25,26). The minimum Gasteiger partial charge on any atom is -0.334 e. The van der Waals surface area contributed by atoms with E-state index in [4.69, 9.17) is 28.6 Å². The summed E-state index contributed by atoms with van der Waals surface area (Å²) in [4.78, 5) is 11.8. The molecular weight excluding hydrogens is 388 g/mol. The summed E-state index contributed by atoms with van der Waals surface area (Å²) in [6, 6.07) is 9.81. The molecule has 0 aliphatic heterocycles. The Balaban J connectivity index is 1.89. The first kappa shape index (κ1) is 17.7. The summed E-state index contributed by atoms with van der Waals surface area (Å²) in [6.07, 6.45) is 1.52. The first-order chi connectivity index (χ1) is 12.9. The highest BCUT2D eigenvalue weighted by Gasteiger charge is 2.14. The van der Waals surface area contributed by atoms with Crippen molar-refractivity contribution in [1.82, 2.24) is 19.5 Å². The third-order valence-electron chi connectivity index (χ3n) is 4.36. The first-order valence-electron chi connectivity index (χ1n) is 8.13. The molecule has 2 N–H and O–H groups in total. The average Bonchev–Trinajstić information content (AvgIpc) is 3.08. The third-order valence-corrected chi connectivity index (χ3v) is 5.07. The van der Waals surface area contributed by atoms with Crippen molar-refractivity contribution in [2.24, 2.45) is 0 Å². The number of nitrogens with one attached hydrogen (secondary N) is 2. The van der Waals surface area contributed by atoms with E-state index in [9.17, 15) is 4.39 Å². The summed E-state index contributed by atoms with van der Waals surface area (Å²) in [5.74, 6) is 0.124. The normalized spacial score (nSPS) is 11.3. The quantitative estimate of drug-likeness (QED) is 0.521. The fraction of sp³-hybridized carbons (Fsp3) is 0.105. The van der Waals surface area contributed by atoms with Crippen molar-refractivity contribution in [2.45, 2.75) is 13.5 Å². The lowest BCUT2D eigenvalue weighted by Crippen LogP contribution is -2.13. The maximum Gasteiger partial charge on any atom is 0.173 e. The van der Waals surface area contributed by atoms with Gasteiger partial charge in [0.05, 0.1) is 12.9 Å². The largest absolute Gasteiger partial charge is 0.334 e. The van der Waals surface area contributed by atoms with Gasteiger partial charge in [-0.1, -0.05) is 35.3 Å². The van der Waals surface area contributed by atoms with Gasteiger partial charge in [0, 0.05) is 21.2 Å². The molecule has 2 heterocycles. The zero-order chi connectivity index (χ0) is 19.1. The fourth-order valence-electron chi connectivity index (χ4n) is 2.93. The zero-order valence-corrected chi connectivity index (χ0v) is 15.7. The molecule has 0 aliphatic rings. The van der Waals surface area contributed by atoms with E-state index < -0.39 is 0 Å². The molecule has 136 valence electrons. The molecule has 0 radical (unpaired) electrons. The number of nitrogens with zero attached hydrogens (tertiary/aromatic N) is 3. The van der Waals surface area contributed by atoms with Crippen LogP contribution in [0.25, 0.3) is 22.6 Å². The van der Waals surface area contributed by atoms with E-state index in [-0.39, 0.29) is 11.3 Å². The molecule has 0 spiro atoms. The Morgan fingerprint density at radius 1 is 1.19 bits per heavy atom. The van der Waals surface area contributed by atoms with Gasteiger partial charge in [-0.25, -0.2) is 14.4 Å². The van der Waals surface area contributed by atoms with E-state index >= 15 is 0 Å². The Morgan fingerprint density at radius 3 is 2.67 bits per heavy atom. The number of halogens is 3. The van der Waals surface area contributed by atoms with E-state index in [2.05, 4.69) is 15.0 Å². The molecule has 0 saturated heterocycles. The van der Waals surface area contributed by atoms with Gasteiger partial charge in [-0.2, -0.15) is 0 Å². The van der Waals surface area contributed by atoms with Crippen molar-refractivity contribution < 1.29 is 4.39 Å². The monoisotopic (exact) mass is 401 g/mol. The molecule has 0 bridgehead atoms. The maximum absolute atomic E-state index is 13.7. The third kappa shape index (κ3) is 3.22. The Morgan fingerprint density at radius 2 is 1.93 bits per heavy atom. The molecule has 0 unspecified atom stereocenters. The van der Waals surface area contributed by atoms with Gasteiger partial charge >= 0.3 is 0 Å². The Labute approximate surface area is 163 Å². The molecule has 2 aromatic carbocycles. The number of hydrogen-bond acceptors (Lipinski definition) is 3. The number of rotatable bonds is 3. The van der Waals surface area contributed by atoms with Crippen molar-refractivity contribution in [2.75, 3.05) is 0 Å². The molecule has 5 nitrogen and oxygen atoms in total. The number of aromatic amines is 1. The Kier molecular flexibility index (Phi) is 4.45. The van der Waals surface area contributed by atoms with E-state index in [0.29, 0.717) is 39.1 Å². The predicted molar refractivity (Wildman–Crippen MR) is 103 cm³/mol. The van der Waals surface area contributed by atoms with Crippen molar-refractivity contribution in [3.05, 3.63) is 75.2 Å². The number of hydrogen-bond donors (Lipinski definition) is 2. The first-order valence-corrected chi connectivity index (χ1v) is 8.89. The second kappa shape index (κ2) is 6.79. The van der Waals surface area contributed by atoms with Crippen LogP contribution in [0.5, 0.6) is 0 Å². The number of aryl methyl sites for hydroxylation is 1. The van der Waals surface area contributed by atoms with Crippen molar-refractivity contribution in [1.29, 1.82) is 5.41 Å². The summed E-state index contributed by atoms with van der Waals surface area (Å²) in [5, 5.41) is 9.15. The molecule has 4 rings (SSSR count). The smallest absolute Gasteiger partial charge is 0.173 e. The Hall–Kier alpha value is -2.70. The van der Waals surface area contributed by atoms with Gasteiger partial charge in [-0.05, 0) is 36.8 Å². The predicted octanol–water partition coefficient (Wildman–Crippen LogP) is 4.71. The highest BCUT2D eigenvalue weighted by Crippen LogP contribution is 2.27. The number of fused-ring (bicyclic) bond motifs is 1. The topological polar surface area (TPSA) is 70.3 Å². The van der Waals surface area contributed by atoms with Crippen LogP contribution in [0, 0.1) is 18.2 Å². The molecule has 8 heteroatoms. The summed E-state index contributed by atoms with van der Waals surface area (Å²) in [7, 11) is 0. The van der Waals surface area contributed by atoms with Crippen molar-refractivity contribution in [3.8, 4) is 11.4 Å². The van der Waals surface area contributed by atoms with Crippen LogP contribution >= 0.6 is 23.2 Å². The van der Waals surface area contributed by atoms with Gasteiger partial charge in [0.15, 0.2) is 11.1 Å². The fourth-order valence-corrected chi connectivity index (χ4v) is 3.45. The molecule has 0 amide bonds. The van der Waals surface area contributed by atoms with Gasteiger partial charge in [-0.3, -0.25) is 5.41 Å². The van der Waals surface area contributed by atoms with E-state index in [1.54, 1.807) is 28.8 Å². The maximum atomic E-state index is 13.7. The minimum atomic E-state index is -0.351. The van der Waals surface area contributed by atoms with Crippen LogP contribution in [-0.4, -0.2) is 19.5 Å². The molecule has 0 saturated carbocycles. The molecule has 4 aromatic rings. The lowest BCUT2D eigenvalue weighted by atomic mass is 10.1. The van der Waals surface area contributed by atoms with Gasteiger partial charge in [-0.15, -0.1) is 0 Å². The van der Waals surface area contributed by atoms with Crippen LogP contribution in [0.15, 0.2) is 42.7 Å². The minimum absolute atomic E-state index is 0.0549. The number of benzene rings is 2. The number of imidazole rings is 1. The summed E-state index contributed by atoms with van der Waals surface area (Å²) in [5.41, 5.74) is 3.27. The van der Waals surface area contributed by atoms with E-state index in [1.165, 1.54) is 18.5 Å². The molecule has 2 aromatic heterocycles. The van der Waals surface area contributed by atoms with E-state index in [1.807, 2.05) is 6.92 Å². The SMILES string of the molecule is Cc1ccc(F)cc1-c1nc2c([nH]1)c(=N)ncn2Cc1c(Cl)cccc1Cl. The molecule has 0 atom stereocenters. The summed E-state index contributed by atoms with van der Waals surface area (Å²) in [6.45, 7) is 2.22. The van der Waals surface area contributed by atoms with E-state index in [0.717, 1.165) is 11.1 Å². The molecular formula is C19H14Cl2FN5. The lowest BCUT2D eigenvalue weighted by molar-refractivity contribution is 0.628. The van der Waals surface area contributed by atoms with Crippen LogP contribution in [0.4, 0.5) is 4.39 Å². The second-order valence-corrected chi connectivity index (χ2v) is 6.98. The number of H-pyrrole nitrogens is 1. The van der Waals surface area contributed by atoms with Gasteiger partial charge in [0.1, 0.15) is 17.2 Å². The van der Waals surface area contributed by atoms with Gasteiger partial charge in [0.2, 0.25) is 0 Å². The molecule has 27 heavy (non-hydrogen) atoms. The second-order valence-electron chi connectivity index (χ2n) is 6.16. The van der Waals surface area contributed by atoms with Crippen LogP contribution < -0.4 is 5.49 Å². The van der Waals surface area contributed by atoms with Crippen LogP contribution in [-0.2, 0) is 6.54 Å². The zero-order valence-electron chi connectivity index (χ0n) is 14.2. The summed E-state index contributed by atoms with van der Waals surface area (Å²) < 4.78 is 15.5. The van der Waals surface area contributed by atoms with Crippen molar-refractivity contribution >= 4 is 34.4 Å². The van der Waals surface area contributed by atoms with Crippen LogP contribution in [0.1, 0.15) is 11.1 Å². The van der Waals surface area contributed by atoms with Crippen LogP contribution in [0.2, 0.25) is 10.0 Å². The lowest BCUT2D eigenvalue weighted by Gasteiger charge is -2.10.